The molecule has 4 heterocycles. The number of halogens is 6. The second-order valence-corrected chi connectivity index (χ2v) is 18.0. The van der Waals surface area contributed by atoms with Gasteiger partial charge in [-0.3, -0.25) is 0 Å². The molecule has 0 aliphatic carbocycles. The van der Waals surface area contributed by atoms with E-state index in [2.05, 4.69) is 0 Å². The van der Waals surface area contributed by atoms with Gasteiger partial charge in [-0.25, -0.2) is 0 Å². The van der Waals surface area contributed by atoms with E-state index in [1.54, 1.807) is 0 Å². The predicted octanol–water partition coefficient (Wildman–Crippen LogP) is 7.47. The maximum absolute atomic E-state index is 14.3. The molecular weight excluding hydrogens is 597 g/mol. The first kappa shape index (κ1) is 28.3. The van der Waals surface area contributed by atoms with Crippen LogP contribution in [-0.2, 0) is 11.6 Å². The number of unbranched alkanes of at least 4 members (excludes halogenated alkanes) is 2. The van der Waals surface area contributed by atoms with E-state index in [1.807, 2.05) is 13.8 Å². The Morgan fingerprint density at radius 1 is 0.667 bits per heavy atom. The number of benzene rings is 2. The average molecular weight is 623 g/mol. The van der Waals surface area contributed by atoms with Crippen LogP contribution >= 0.6 is 0 Å². The van der Waals surface area contributed by atoms with Crippen molar-refractivity contribution in [3.8, 4) is 0 Å². The third kappa shape index (κ3) is 5.24. The Morgan fingerprint density at radius 3 is 1.28 bits per heavy atom. The molecule has 4 aliphatic rings. The molecule has 0 unspecified atom stereocenters. The molecule has 2 aromatic rings. The third-order valence-corrected chi connectivity index (χ3v) is 15.9. The van der Waals surface area contributed by atoms with Crippen molar-refractivity contribution >= 4 is 31.1 Å². The van der Waals surface area contributed by atoms with Gasteiger partial charge in [0.25, 0.3) is 0 Å². The molecule has 0 amide bonds. The number of carbonyl (C=O) groups is 2. The first-order chi connectivity index (χ1) is 16.8. The molecular formula is C25H26F6O4Sn. The van der Waals surface area contributed by atoms with Crippen LogP contribution in [0.5, 0.6) is 0 Å². The molecule has 4 nitrogen and oxygen atoms in total. The molecule has 4 bridgehead atoms. The van der Waals surface area contributed by atoms with Crippen molar-refractivity contribution in [3.63, 3.8) is 0 Å². The van der Waals surface area contributed by atoms with E-state index in [9.17, 15) is 35.9 Å². The van der Waals surface area contributed by atoms with Crippen LogP contribution in [0.3, 0.4) is 0 Å². The van der Waals surface area contributed by atoms with Gasteiger partial charge < -0.3 is 0 Å². The van der Waals surface area contributed by atoms with Crippen molar-refractivity contribution < 1.29 is 42.1 Å². The van der Waals surface area contributed by atoms with Crippen LogP contribution < -0.4 is 0 Å². The Balaban J connectivity index is 2.27. The first-order valence-electron chi connectivity index (χ1n) is 11.6. The molecule has 4 aliphatic heterocycles. The van der Waals surface area contributed by atoms with Crippen molar-refractivity contribution in [3.05, 3.63) is 70.8 Å². The molecule has 0 radical (unpaired) electrons. The minimum atomic E-state index is -5.78. The summed E-state index contributed by atoms with van der Waals surface area (Å²) in [4.78, 5) is 26.0. The summed E-state index contributed by atoms with van der Waals surface area (Å²) in [5.74, 6) is -1.85. The summed E-state index contributed by atoms with van der Waals surface area (Å²) in [6.07, 6.45) is -8.78. The van der Waals surface area contributed by atoms with Crippen molar-refractivity contribution in [2.75, 3.05) is 0 Å². The summed E-state index contributed by atoms with van der Waals surface area (Å²) in [6, 6.07) is 6.17. The standard InChI is InChI=1S/C17H10F6O4.2C4H9.Sn/c18-16(19,20)15(17(21,22)23,11-5-1-9(2-6-11)13(24)25)12-7-3-10(4-8-12)14(26)27;2*1-3-4-2;/h1-8H,(H,24,25)(H,26,27);2*1,3-4H2,2H3;/q;;;+2/p-2. The molecule has 196 valence electrons. The quantitative estimate of drug-likeness (QED) is 0.248. The number of alkyl halides is 6. The summed E-state index contributed by atoms with van der Waals surface area (Å²) < 4.78 is 98.2. The second-order valence-electron chi connectivity index (χ2n) is 8.80. The maximum atomic E-state index is 14.3. The van der Waals surface area contributed by atoms with Gasteiger partial charge in [0.15, 0.2) is 0 Å². The van der Waals surface area contributed by atoms with E-state index in [-0.39, 0.29) is 11.1 Å². The zero-order chi connectivity index (χ0) is 26.8. The van der Waals surface area contributed by atoms with E-state index in [4.69, 9.17) is 6.15 Å². The Morgan fingerprint density at radius 2 is 1.00 bits per heavy atom. The van der Waals surface area contributed by atoms with E-state index >= 15 is 0 Å². The Labute approximate surface area is 209 Å². The van der Waals surface area contributed by atoms with Gasteiger partial charge in [0.05, 0.1) is 0 Å². The minimum absolute atomic E-state index is 0.215. The van der Waals surface area contributed by atoms with Crippen molar-refractivity contribution in [1.82, 2.24) is 0 Å². The zero-order valence-electron chi connectivity index (χ0n) is 19.8. The van der Waals surface area contributed by atoms with Gasteiger partial charge in [-0.05, 0) is 0 Å². The Bertz CT molecular complexity index is 990. The van der Waals surface area contributed by atoms with Crippen LogP contribution in [0.15, 0.2) is 48.5 Å². The van der Waals surface area contributed by atoms with Gasteiger partial charge in [0, 0.05) is 0 Å². The van der Waals surface area contributed by atoms with Crippen molar-refractivity contribution in [2.24, 2.45) is 0 Å². The van der Waals surface area contributed by atoms with Gasteiger partial charge in [-0.2, -0.15) is 0 Å². The fraction of sp³-hybridized carbons (Fsp3) is 0.440. The predicted molar refractivity (Wildman–Crippen MR) is 122 cm³/mol. The number of hydrogen-bond donors (Lipinski definition) is 0. The third-order valence-electron chi connectivity index (χ3n) is 6.34. The molecule has 6 rings (SSSR count). The monoisotopic (exact) mass is 624 g/mol. The summed E-state index contributed by atoms with van der Waals surface area (Å²) >= 11 is -4.42. The van der Waals surface area contributed by atoms with Crippen LogP contribution in [0.2, 0.25) is 8.87 Å². The summed E-state index contributed by atoms with van der Waals surface area (Å²) in [6.45, 7) is 3.86. The van der Waals surface area contributed by atoms with Crippen LogP contribution in [-0.4, -0.2) is 43.5 Å². The van der Waals surface area contributed by atoms with Crippen molar-refractivity contribution in [2.45, 2.75) is 66.2 Å². The number of carbonyl (C=O) groups excluding carboxylic acids is 2. The van der Waals surface area contributed by atoms with Gasteiger partial charge in [0.2, 0.25) is 0 Å². The van der Waals surface area contributed by atoms with E-state index < -0.39 is 60.0 Å². The molecule has 2 aromatic carbocycles. The van der Waals surface area contributed by atoms with Crippen molar-refractivity contribution in [1.29, 1.82) is 0 Å². The Kier molecular flexibility index (Phi) is 8.36. The molecule has 0 atom stereocenters. The van der Waals surface area contributed by atoms with Crippen LogP contribution in [0.1, 0.15) is 71.4 Å². The molecule has 0 saturated heterocycles. The molecule has 0 aromatic heterocycles. The number of rotatable bonds is 6. The SMILES string of the molecule is CCC[CH2][Sn]1([CH2]CCC)[O]C(=O)c2ccc(cc2)C(C(F)(F)F)(C(F)(F)F)c2ccc(cc2)C(=O)[O]1. The van der Waals surface area contributed by atoms with E-state index in [0.717, 1.165) is 37.1 Å². The van der Waals surface area contributed by atoms with Crippen LogP contribution in [0.25, 0.3) is 0 Å². The van der Waals surface area contributed by atoms with Gasteiger partial charge in [0.1, 0.15) is 0 Å². The van der Waals surface area contributed by atoms with Gasteiger partial charge in [-0.1, -0.05) is 0 Å². The molecule has 0 N–H and O–H groups in total. The Hall–Kier alpha value is -2.24. The normalized spacial score (nSPS) is 17.4. The van der Waals surface area contributed by atoms with E-state index in [1.165, 1.54) is 0 Å². The fourth-order valence-electron chi connectivity index (χ4n) is 4.39. The molecule has 11 heteroatoms. The molecule has 0 fully saturated rings. The second kappa shape index (κ2) is 10.6. The molecule has 36 heavy (non-hydrogen) atoms. The van der Waals surface area contributed by atoms with Crippen LogP contribution in [0, 0.1) is 0 Å². The fourth-order valence-corrected chi connectivity index (χ4v) is 14.1. The van der Waals surface area contributed by atoms with Gasteiger partial charge >= 0.3 is 210 Å². The first-order valence-corrected chi connectivity index (χ1v) is 18.0. The summed E-state index contributed by atoms with van der Waals surface area (Å²) in [7, 11) is 0. The number of hydrogen-bond acceptors (Lipinski definition) is 4. The molecule has 0 spiro atoms. The summed E-state index contributed by atoms with van der Waals surface area (Å²) in [5.41, 5.74) is -7.00. The average Bonchev–Trinajstić information content (AvgIpc) is 2.80. The zero-order valence-corrected chi connectivity index (χ0v) is 22.6. The molecule has 0 saturated carbocycles. The van der Waals surface area contributed by atoms with Crippen LogP contribution in [0.4, 0.5) is 26.3 Å². The van der Waals surface area contributed by atoms with E-state index in [0.29, 0.717) is 46.0 Å². The van der Waals surface area contributed by atoms with Gasteiger partial charge in [-0.15, -0.1) is 0 Å². The topological polar surface area (TPSA) is 52.6 Å². The summed E-state index contributed by atoms with van der Waals surface area (Å²) in [5, 5.41) is 0.